The third kappa shape index (κ3) is 4.16. The number of para-hydroxylation sites is 2. The Bertz CT molecular complexity index is 1230. The molecule has 7 nitrogen and oxygen atoms in total. The van der Waals surface area contributed by atoms with Gasteiger partial charge in [0, 0.05) is 31.9 Å². The average molecular weight is 415 g/mol. The first-order valence-electron chi connectivity index (χ1n) is 9.92. The molecule has 4 aromatic rings. The second-order valence-electron chi connectivity index (χ2n) is 7.42. The van der Waals surface area contributed by atoms with Crippen LogP contribution in [0.2, 0.25) is 0 Å². The summed E-state index contributed by atoms with van der Waals surface area (Å²) in [6.07, 6.45) is 0. The molecule has 7 heteroatoms. The molecule has 1 amide bonds. The van der Waals surface area contributed by atoms with Crippen molar-refractivity contribution >= 4 is 34.0 Å². The van der Waals surface area contributed by atoms with Gasteiger partial charge in [0.05, 0.1) is 29.5 Å². The number of aromatic nitrogens is 2. The molecule has 0 aliphatic rings. The van der Waals surface area contributed by atoms with Crippen molar-refractivity contribution in [3.05, 3.63) is 77.9 Å². The summed E-state index contributed by atoms with van der Waals surface area (Å²) >= 11 is 0. The van der Waals surface area contributed by atoms with Gasteiger partial charge in [-0.1, -0.05) is 24.3 Å². The number of fused-ring (bicyclic) bond motifs is 1. The van der Waals surface area contributed by atoms with E-state index in [2.05, 4.69) is 21.3 Å². The Kier molecular flexibility index (Phi) is 5.49. The molecule has 0 saturated heterocycles. The zero-order chi connectivity index (χ0) is 22.0. The van der Waals surface area contributed by atoms with Crippen molar-refractivity contribution in [1.29, 1.82) is 0 Å². The summed E-state index contributed by atoms with van der Waals surface area (Å²) in [7, 11) is 5.58. The maximum atomic E-state index is 12.5. The molecule has 3 N–H and O–H groups in total. The Morgan fingerprint density at radius 2 is 1.87 bits per heavy atom. The van der Waals surface area contributed by atoms with Crippen molar-refractivity contribution < 1.29 is 9.53 Å². The van der Waals surface area contributed by atoms with E-state index in [0.29, 0.717) is 29.5 Å². The molecular formula is C24H25N5O2. The lowest BCUT2D eigenvalue weighted by Gasteiger charge is -2.19. The molecule has 0 bridgehead atoms. The van der Waals surface area contributed by atoms with Crippen LogP contribution in [0.3, 0.4) is 0 Å². The van der Waals surface area contributed by atoms with E-state index in [1.54, 1.807) is 19.2 Å². The van der Waals surface area contributed by atoms with Gasteiger partial charge in [-0.25, -0.2) is 0 Å². The number of ether oxygens (including phenoxy) is 1. The number of carbonyl (C=O) groups is 1. The number of methoxy groups -OCH3 is 1. The van der Waals surface area contributed by atoms with Gasteiger partial charge in [0.1, 0.15) is 0 Å². The highest BCUT2D eigenvalue weighted by Gasteiger charge is 2.11. The van der Waals surface area contributed by atoms with Crippen LogP contribution in [0.4, 0.5) is 17.1 Å². The second kappa shape index (κ2) is 8.39. The molecule has 0 aliphatic carbocycles. The van der Waals surface area contributed by atoms with E-state index in [4.69, 9.17) is 10.5 Å². The summed E-state index contributed by atoms with van der Waals surface area (Å²) in [5.74, 6) is -0.188. The van der Waals surface area contributed by atoms with Crippen LogP contribution < -0.4 is 20.7 Å². The van der Waals surface area contributed by atoms with Crippen molar-refractivity contribution in [3.63, 3.8) is 0 Å². The minimum absolute atomic E-state index is 0.188. The quantitative estimate of drug-likeness (QED) is 0.464. The van der Waals surface area contributed by atoms with Crippen molar-refractivity contribution in [1.82, 2.24) is 9.55 Å². The topological polar surface area (TPSA) is 85.4 Å². The molecule has 1 aromatic heterocycles. The number of nitrogens with two attached hydrogens (primary N) is 1. The van der Waals surface area contributed by atoms with Crippen LogP contribution in [0, 0.1) is 0 Å². The zero-order valence-corrected chi connectivity index (χ0v) is 17.8. The van der Waals surface area contributed by atoms with Crippen molar-refractivity contribution in [2.45, 2.75) is 6.54 Å². The summed E-state index contributed by atoms with van der Waals surface area (Å²) in [4.78, 5) is 19.2. The molecule has 0 aliphatic heterocycles. The van der Waals surface area contributed by atoms with Crippen molar-refractivity contribution in [2.75, 3.05) is 30.1 Å². The first-order chi connectivity index (χ1) is 15.0. The Balaban J connectivity index is 1.45. The van der Waals surface area contributed by atoms with E-state index in [1.807, 2.05) is 67.2 Å². The van der Waals surface area contributed by atoms with Crippen LogP contribution >= 0.6 is 0 Å². The minimum atomic E-state index is -0.188. The fourth-order valence-electron chi connectivity index (χ4n) is 3.52. The van der Waals surface area contributed by atoms with E-state index >= 15 is 0 Å². The number of anilines is 3. The average Bonchev–Trinajstić information content (AvgIpc) is 3.10. The molecule has 158 valence electrons. The van der Waals surface area contributed by atoms with E-state index in [1.165, 1.54) is 0 Å². The van der Waals surface area contributed by atoms with Crippen LogP contribution in [-0.2, 0) is 13.6 Å². The van der Waals surface area contributed by atoms with E-state index in [-0.39, 0.29) is 5.91 Å². The van der Waals surface area contributed by atoms with Gasteiger partial charge in [-0.05, 0) is 48.0 Å². The Labute approximate surface area is 181 Å². The first-order valence-corrected chi connectivity index (χ1v) is 9.92. The Morgan fingerprint density at radius 3 is 2.58 bits per heavy atom. The number of amides is 1. The van der Waals surface area contributed by atoms with Crippen LogP contribution in [0.25, 0.3) is 11.0 Å². The monoisotopic (exact) mass is 415 g/mol. The second-order valence-corrected chi connectivity index (χ2v) is 7.42. The summed E-state index contributed by atoms with van der Waals surface area (Å²) in [5, 5.41) is 2.85. The van der Waals surface area contributed by atoms with Gasteiger partial charge in [-0.15, -0.1) is 0 Å². The largest absolute Gasteiger partial charge is 0.468 e. The van der Waals surface area contributed by atoms with Crippen molar-refractivity contribution in [3.8, 4) is 6.01 Å². The van der Waals surface area contributed by atoms with Crippen molar-refractivity contribution in [2.24, 2.45) is 7.05 Å². The number of nitrogens with one attached hydrogen (secondary N) is 1. The highest BCUT2D eigenvalue weighted by Crippen LogP contribution is 2.25. The maximum absolute atomic E-state index is 12.5. The molecule has 0 atom stereocenters. The number of hydrogen-bond acceptors (Lipinski definition) is 5. The third-order valence-electron chi connectivity index (χ3n) is 5.29. The zero-order valence-electron chi connectivity index (χ0n) is 17.8. The minimum Gasteiger partial charge on any atom is -0.468 e. The number of imidazole rings is 1. The molecule has 3 aromatic carbocycles. The summed E-state index contributed by atoms with van der Waals surface area (Å²) in [6, 6.07) is 21.5. The normalized spacial score (nSPS) is 10.8. The van der Waals surface area contributed by atoms with Gasteiger partial charge in [0.25, 0.3) is 11.9 Å². The number of rotatable bonds is 6. The van der Waals surface area contributed by atoms with Gasteiger partial charge in [-0.2, -0.15) is 4.98 Å². The van der Waals surface area contributed by atoms with Crippen LogP contribution in [0.15, 0.2) is 66.7 Å². The molecule has 0 spiro atoms. The fourth-order valence-corrected chi connectivity index (χ4v) is 3.52. The van der Waals surface area contributed by atoms with Crippen LogP contribution in [0.5, 0.6) is 6.01 Å². The Morgan fingerprint density at radius 1 is 1.13 bits per heavy atom. The van der Waals surface area contributed by atoms with E-state index in [0.717, 1.165) is 22.3 Å². The smallest absolute Gasteiger partial charge is 0.296 e. The molecule has 4 rings (SSSR count). The number of aryl methyl sites for hydroxylation is 1. The maximum Gasteiger partial charge on any atom is 0.296 e. The summed E-state index contributed by atoms with van der Waals surface area (Å²) in [5.41, 5.74) is 11.7. The number of carbonyl (C=O) groups excluding carboxylic acids is 1. The fraction of sp³-hybridized carbons (Fsp3) is 0.167. The highest BCUT2D eigenvalue weighted by molar-refractivity contribution is 6.05. The molecule has 0 radical (unpaired) electrons. The number of nitrogen functional groups attached to an aromatic ring is 1. The SMILES string of the molecule is COc1nc2cc(N(C)Cc3ccc(C(=O)Nc4ccccc4N)cc3)ccc2n1C. The standard InChI is InChI=1S/C24H25N5O2/c1-28(18-12-13-22-21(14-18)27-24(31-3)29(22)2)15-16-8-10-17(11-9-16)23(30)26-20-7-5-4-6-19(20)25/h4-14H,15,25H2,1-3H3,(H,26,30). The van der Waals surface area contributed by atoms with Crippen LogP contribution in [0.1, 0.15) is 15.9 Å². The Hall–Kier alpha value is -4.00. The molecule has 0 saturated carbocycles. The lowest BCUT2D eigenvalue weighted by molar-refractivity contribution is 0.102. The number of nitrogens with zero attached hydrogens (tertiary/aromatic N) is 3. The predicted molar refractivity (Wildman–Crippen MR) is 125 cm³/mol. The summed E-state index contributed by atoms with van der Waals surface area (Å²) < 4.78 is 7.22. The predicted octanol–water partition coefficient (Wildman–Crippen LogP) is 4.05. The molecule has 31 heavy (non-hydrogen) atoms. The highest BCUT2D eigenvalue weighted by atomic mass is 16.5. The number of hydrogen-bond donors (Lipinski definition) is 2. The first kappa shape index (κ1) is 20.3. The van der Waals surface area contributed by atoms with Crippen LogP contribution in [-0.4, -0.2) is 29.6 Å². The van der Waals surface area contributed by atoms with Gasteiger partial charge in [-0.3, -0.25) is 9.36 Å². The molecule has 0 unspecified atom stereocenters. The van der Waals surface area contributed by atoms with E-state index in [9.17, 15) is 4.79 Å². The molecular weight excluding hydrogens is 390 g/mol. The lowest BCUT2D eigenvalue weighted by atomic mass is 10.1. The lowest BCUT2D eigenvalue weighted by Crippen LogP contribution is -2.17. The third-order valence-corrected chi connectivity index (χ3v) is 5.29. The number of benzene rings is 3. The van der Waals surface area contributed by atoms with Gasteiger partial charge in [0.15, 0.2) is 0 Å². The summed E-state index contributed by atoms with van der Waals surface area (Å²) in [6.45, 7) is 0.697. The van der Waals surface area contributed by atoms with Gasteiger partial charge >= 0.3 is 0 Å². The molecule has 0 fully saturated rings. The van der Waals surface area contributed by atoms with E-state index < -0.39 is 0 Å². The molecule has 1 heterocycles. The van der Waals surface area contributed by atoms with Gasteiger partial charge in [0.2, 0.25) is 0 Å². The van der Waals surface area contributed by atoms with Gasteiger partial charge < -0.3 is 20.7 Å².